The molecule has 0 saturated carbocycles. The van der Waals surface area contributed by atoms with Gasteiger partial charge in [-0.2, -0.15) is 0 Å². The second-order valence-electron chi connectivity index (χ2n) is 7.16. The summed E-state index contributed by atoms with van der Waals surface area (Å²) < 4.78 is 11.9. The highest BCUT2D eigenvalue weighted by Crippen LogP contribution is 2.41. The van der Waals surface area contributed by atoms with Gasteiger partial charge >= 0.3 is 0 Å². The molecule has 5 nitrogen and oxygen atoms in total. The average Bonchev–Trinajstić information content (AvgIpc) is 3.52. The first-order valence-corrected chi connectivity index (χ1v) is 10.8. The molecular formula is C23H17Cl2N3O2S. The van der Waals surface area contributed by atoms with Gasteiger partial charge in [-0.05, 0) is 66.8 Å². The minimum absolute atomic E-state index is 0.170. The molecule has 31 heavy (non-hydrogen) atoms. The molecule has 4 heterocycles. The lowest BCUT2D eigenvalue weighted by Gasteiger charge is -2.25. The molecule has 5 rings (SSSR count). The zero-order valence-electron chi connectivity index (χ0n) is 16.2. The molecule has 0 spiro atoms. The minimum Gasteiger partial charge on any atom is -0.467 e. The molecule has 0 unspecified atom stereocenters. The van der Waals surface area contributed by atoms with E-state index in [0.29, 0.717) is 27.5 Å². The van der Waals surface area contributed by atoms with E-state index in [-0.39, 0.29) is 12.1 Å². The molecule has 0 amide bonds. The van der Waals surface area contributed by atoms with Gasteiger partial charge in [0.2, 0.25) is 0 Å². The lowest BCUT2D eigenvalue weighted by Crippen LogP contribution is -2.28. The first kappa shape index (κ1) is 20.1. The van der Waals surface area contributed by atoms with Crippen LogP contribution in [0.3, 0.4) is 0 Å². The number of halogens is 2. The molecule has 1 fully saturated rings. The standard InChI is InChI=1S/C23H17Cl2N3O2S/c24-16-7-6-14(12-17(16)25)19-8-9-20(30-19)22-21(18-5-1-2-10-26-18)27-23(31)28(22)13-15-4-3-11-29-15/h1-12,21-22H,13H2,(H,27,31)/t21-,22+/m0/s1. The molecule has 2 atom stereocenters. The molecule has 1 aromatic carbocycles. The van der Waals surface area contributed by atoms with E-state index in [9.17, 15) is 0 Å². The van der Waals surface area contributed by atoms with E-state index in [0.717, 1.165) is 22.8 Å². The molecular weight excluding hydrogens is 453 g/mol. The van der Waals surface area contributed by atoms with Crippen molar-refractivity contribution >= 4 is 40.5 Å². The largest absolute Gasteiger partial charge is 0.467 e. The van der Waals surface area contributed by atoms with Crippen LogP contribution in [0.5, 0.6) is 0 Å². The Hall–Kier alpha value is -2.80. The van der Waals surface area contributed by atoms with Crippen molar-refractivity contribution in [1.82, 2.24) is 15.2 Å². The van der Waals surface area contributed by atoms with Crippen molar-refractivity contribution in [2.75, 3.05) is 0 Å². The zero-order valence-corrected chi connectivity index (χ0v) is 18.5. The van der Waals surface area contributed by atoms with Crippen molar-refractivity contribution in [1.29, 1.82) is 0 Å². The van der Waals surface area contributed by atoms with Gasteiger partial charge in [0.1, 0.15) is 23.3 Å². The second kappa shape index (κ2) is 8.38. The quantitative estimate of drug-likeness (QED) is 0.340. The van der Waals surface area contributed by atoms with E-state index in [1.54, 1.807) is 24.6 Å². The molecule has 1 saturated heterocycles. The Morgan fingerprint density at radius 3 is 2.68 bits per heavy atom. The Morgan fingerprint density at radius 1 is 1.03 bits per heavy atom. The fourth-order valence-corrected chi connectivity index (χ4v) is 4.37. The fraction of sp³-hybridized carbons (Fsp3) is 0.130. The van der Waals surface area contributed by atoms with Gasteiger partial charge in [-0.25, -0.2) is 0 Å². The Balaban J connectivity index is 1.54. The molecule has 1 aliphatic rings. The van der Waals surface area contributed by atoms with Gasteiger partial charge in [0.25, 0.3) is 0 Å². The molecule has 3 aromatic heterocycles. The number of furan rings is 2. The number of aromatic nitrogens is 1. The predicted molar refractivity (Wildman–Crippen MR) is 124 cm³/mol. The molecule has 1 aliphatic heterocycles. The highest BCUT2D eigenvalue weighted by Gasteiger charge is 2.42. The van der Waals surface area contributed by atoms with Crippen molar-refractivity contribution in [3.8, 4) is 11.3 Å². The van der Waals surface area contributed by atoms with Crippen molar-refractivity contribution in [3.63, 3.8) is 0 Å². The van der Waals surface area contributed by atoms with Gasteiger partial charge in [0.05, 0.1) is 34.6 Å². The summed E-state index contributed by atoms with van der Waals surface area (Å²) in [5.41, 5.74) is 1.73. The van der Waals surface area contributed by atoms with Crippen LogP contribution in [0.1, 0.15) is 29.3 Å². The SMILES string of the molecule is S=C1N[C@@H](c2ccccn2)[C@@H](c2ccc(-c3ccc(Cl)c(Cl)c3)o2)N1Cc1ccco1. The summed E-state index contributed by atoms with van der Waals surface area (Å²) >= 11 is 17.9. The second-order valence-corrected chi connectivity index (χ2v) is 8.37. The zero-order chi connectivity index (χ0) is 21.4. The van der Waals surface area contributed by atoms with Crippen LogP contribution in [0.2, 0.25) is 10.0 Å². The summed E-state index contributed by atoms with van der Waals surface area (Å²) in [6.07, 6.45) is 3.43. The normalized spacial score (nSPS) is 18.4. The first-order valence-electron chi connectivity index (χ1n) is 9.66. The van der Waals surface area contributed by atoms with E-state index in [2.05, 4.69) is 15.2 Å². The van der Waals surface area contributed by atoms with Gasteiger partial charge in [-0.1, -0.05) is 29.3 Å². The highest BCUT2D eigenvalue weighted by molar-refractivity contribution is 7.80. The summed E-state index contributed by atoms with van der Waals surface area (Å²) in [6, 6.07) is 18.6. The summed E-state index contributed by atoms with van der Waals surface area (Å²) in [6.45, 7) is 0.510. The predicted octanol–water partition coefficient (Wildman–Crippen LogP) is 6.41. The summed E-state index contributed by atoms with van der Waals surface area (Å²) in [5.74, 6) is 2.27. The summed E-state index contributed by atoms with van der Waals surface area (Å²) in [5, 5.41) is 5.00. The van der Waals surface area contributed by atoms with Gasteiger partial charge < -0.3 is 19.1 Å². The maximum absolute atomic E-state index is 6.30. The molecule has 0 aliphatic carbocycles. The van der Waals surface area contributed by atoms with Crippen molar-refractivity contribution in [3.05, 3.63) is 100 Å². The number of benzene rings is 1. The summed E-state index contributed by atoms with van der Waals surface area (Å²) in [4.78, 5) is 6.60. The molecule has 156 valence electrons. The third kappa shape index (κ3) is 3.94. The third-order valence-electron chi connectivity index (χ3n) is 5.23. The van der Waals surface area contributed by atoms with Crippen molar-refractivity contribution in [2.24, 2.45) is 0 Å². The highest BCUT2D eigenvalue weighted by atomic mass is 35.5. The van der Waals surface area contributed by atoms with Gasteiger partial charge in [-0.15, -0.1) is 0 Å². The Labute approximate surface area is 194 Å². The van der Waals surface area contributed by atoms with E-state index in [1.807, 2.05) is 48.5 Å². The maximum atomic E-state index is 6.30. The van der Waals surface area contributed by atoms with E-state index in [4.69, 9.17) is 44.3 Å². The van der Waals surface area contributed by atoms with Crippen LogP contribution in [0.15, 0.2) is 82.0 Å². The lowest BCUT2D eigenvalue weighted by atomic mass is 10.0. The van der Waals surface area contributed by atoms with Crippen molar-refractivity contribution in [2.45, 2.75) is 18.6 Å². The molecule has 0 bridgehead atoms. The first-order chi connectivity index (χ1) is 15.1. The number of thiocarbonyl (C=S) groups is 1. The van der Waals surface area contributed by atoms with Crippen molar-refractivity contribution < 1.29 is 8.83 Å². The molecule has 0 radical (unpaired) electrons. The smallest absolute Gasteiger partial charge is 0.170 e. The maximum Gasteiger partial charge on any atom is 0.170 e. The Kier molecular flexibility index (Phi) is 5.44. The van der Waals surface area contributed by atoms with E-state index in [1.165, 1.54) is 0 Å². The number of nitrogens with one attached hydrogen (secondary N) is 1. The number of pyridine rings is 1. The lowest BCUT2D eigenvalue weighted by molar-refractivity contribution is 0.253. The third-order valence-corrected chi connectivity index (χ3v) is 6.32. The Morgan fingerprint density at radius 2 is 1.94 bits per heavy atom. The Bertz CT molecular complexity index is 1210. The monoisotopic (exact) mass is 469 g/mol. The van der Waals surface area contributed by atoms with Gasteiger partial charge in [0.15, 0.2) is 5.11 Å². The summed E-state index contributed by atoms with van der Waals surface area (Å²) in [7, 11) is 0. The average molecular weight is 470 g/mol. The number of nitrogens with zero attached hydrogens (tertiary/aromatic N) is 2. The van der Waals surface area contributed by atoms with Gasteiger partial charge in [-0.3, -0.25) is 4.98 Å². The molecule has 1 N–H and O–H groups in total. The number of hydrogen-bond acceptors (Lipinski definition) is 4. The van der Waals surface area contributed by atoms with Gasteiger partial charge in [0, 0.05) is 11.8 Å². The number of hydrogen-bond donors (Lipinski definition) is 1. The van der Waals surface area contributed by atoms with E-state index < -0.39 is 0 Å². The van der Waals surface area contributed by atoms with Crippen LogP contribution in [0, 0.1) is 0 Å². The van der Waals surface area contributed by atoms with Crippen LogP contribution >= 0.6 is 35.4 Å². The molecule has 8 heteroatoms. The van der Waals surface area contributed by atoms with E-state index >= 15 is 0 Å². The van der Waals surface area contributed by atoms with Crippen LogP contribution in [-0.2, 0) is 6.54 Å². The molecule has 4 aromatic rings. The van der Waals surface area contributed by atoms with Crippen LogP contribution in [-0.4, -0.2) is 15.0 Å². The van der Waals surface area contributed by atoms with Crippen LogP contribution in [0.25, 0.3) is 11.3 Å². The fourth-order valence-electron chi connectivity index (χ4n) is 3.77. The number of rotatable bonds is 5. The van der Waals surface area contributed by atoms with Crippen LogP contribution < -0.4 is 5.32 Å². The minimum atomic E-state index is -0.205. The van der Waals surface area contributed by atoms with Crippen LogP contribution in [0.4, 0.5) is 0 Å². The topological polar surface area (TPSA) is 54.4 Å².